The average molecular weight is 208 g/mol. The zero-order chi connectivity index (χ0) is 9.97. The van der Waals surface area contributed by atoms with E-state index in [1.807, 2.05) is 12.1 Å². The monoisotopic (exact) mass is 208 g/mol. The molecule has 0 aromatic heterocycles. The first-order chi connectivity index (χ1) is 6.75. The van der Waals surface area contributed by atoms with Crippen molar-refractivity contribution >= 4 is 5.97 Å². The molecule has 0 aliphatic heterocycles. The Kier molecular flexibility index (Phi) is 3.82. The summed E-state index contributed by atoms with van der Waals surface area (Å²) in [5.41, 5.74) is 2.65. The maximum absolute atomic E-state index is 10.3. The lowest BCUT2D eigenvalue weighted by atomic mass is 10.1. The van der Waals surface area contributed by atoms with Gasteiger partial charge in [0.1, 0.15) is 0 Å². The van der Waals surface area contributed by atoms with Gasteiger partial charge in [-0.2, -0.15) is 0 Å². The van der Waals surface area contributed by atoms with Crippen LogP contribution >= 0.6 is 0 Å². The molecule has 15 heavy (non-hydrogen) atoms. The highest BCUT2D eigenvalue weighted by Crippen LogP contribution is 2.21. The first kappa shape index (κ1) is 11.7. The van der Waals surface area contributed by atoms with Gasteiger partial charge >= 0.3 is 0 Å². The molecule has 4 heteroatoms. The lowest BCUT2D eigenvalue weighted by molar-refractivity contribution is -0.304. The Morgan fingerprint density at radius 3 is 2.33 bits per heavy atom. The number of hydrogen-bond donors (Lipinski definition) is 2. The van der Waals surface area contributed by atoms with Crippen LogP contribution in [0.15, 0.2) is 24.3 Å². The van der Waals surface area contributed by atoms with Crippen LogP contribution in [0.3, 0.4) is 0 Å². The van der Waals surface area contributed by atoms with Crippen LogP contribution in [0.4, 0.5) is 0 Å². The van der Waals surface area contributed by atoms with E-state index in [2.05, 4.69) is 17.4 Å². The summed E-state index contributed by atoms with van der Waals surface area (Å²) in [6, 6.07) is 8.47. The van der Waals surface area contributed by atoms with E-state index < -0.39 is 5.97 Å². The summed E-state index contributed by atoms with van der Waals surface area (Å²) in [7, 11) is 0. The zero-order valence-corrected chi connectivity index (χ0v) is 8.82. The molecule has 0 spiro atoms. The highest BCUT2D eigenvalue weighted by atomic mass is 16.4. The molecule has 2 rings (SSSR count). The van der Waals surface area contributed by atoms with Gasteiger partial charge in [0.25, 0.3) is 0 Å². The molecule has 0 amide bonds. The number of benzene rings is 1. The summed E-state index contributed by atoms with van der Waals surface area (Å²) in [5.74, 6) is -1.04. The number of nitrogens with one attached hydrogen (secondary N) is 1. The zero-order valence-electron chi connectivity index (χ0n) is 8.82. The molecule has 0 radical (unpaired) electrons. The van der Waals surface area contributed by atoms with Crippen molar-refractivity contribution in [1.82, 2.24) is 11.5 Å². The number of carbonyl (C=O) groups excluding carboxylic acids is 1. The molecular weight excluding hydrogens is 192 g/mol. The fourth-order valence-corrected chi connectivity index (χ4v) is 1.93. The highest BCUT2D eigenvalue weighted by molar-refractivity contribution is 5.66. The Balaban J connectivity index is 0.00000112. The standard InChI is InChI=1S/C11H13NO2.H3N/c13-11(14)7-12-10-5-8-3-1-2-4-9(8)6-10;/h1-4,10,12H,5-7H2,(H,13,14);1H3. The molecule has 0 atom stereocenters. The van der Waals surface area contributed by atoms with E-state index in [1.165, 1.54) is 11.1 Å². The molecule has 0 unspecified atom stereocenters. The normalized spacial score (nSPS) is 14.4. The maximum atomic E-state index is 10.3. The van der Waals surface area contributed by atoms with E-state index in [9.17, 15) is 9.90 Å². The van der Waals surface area contributed by atoms with Crippen LogP contribution in [0.1, 0.15) is 11.1 Å². The van der Waals surface area contributed by atoms with Gasteiger partial charge in [-0.05, 0) is 24.0 Å². The summed E-state index contributed by atoms with van der Waals surface area (Å²) in [6.45, 7) is -0.0569. The van der Waals surface area contributed by atoms with Crippen LogP contribution in [0.5, 0.6) is 0 Å². The van der Waals surface area contributed by atoms with E-state index in [0.717, 1.165) is 12.8 Å². The first-order valence-corrected chi connectivity index (χ1v) is 4.75. The van der Waals surface area contributed by atoms with Crippen molar-refractivity contribution in [3.05, 3.63) is 35.4 Å². The van der Waals surface area contributed by atoms with Gasteiger partial charge in [0.05, 0.1) is 5.97 Å². The molecule has 5 N–H and O–H groups in total. The van der Waals surface area contributed by atoms with Gasteiger partial charge in [-0.15, -0.1) is 0 Å². The third-order valence-corrected chi connectivity index (χ3v) is 2.59. The topological polar surface area (TPSA) is 88.7 Å². The number of aliphatic carboxylic acids is 1. The Labute approximate surface area is 88.9 Å². The summed E-state index contributed by atoms with van der Waals surface area (Å²) >= 11 is 0. The minimum absolute atomic E-state index is 0. The summed E-state index contributed by atoms with van der Waals surface area (Å²) < 4.78 is 0. The number of rotatable bonds is 3. The van der Waals surface area contributed by atoms with Gasteiger partial charge in [0, 0.05) is 12.6 Å². The molecule has 1 aromatic carbocycles. The largest absolute Gasteiger partial charge is 0.549 e. The lowest BCUT2D eigenvalue weighted by Gasteiger charge is -2.11. The van der Waals surface area contributed by atoms with Crippen molar-refractivity contribution in [2.75, 3.05) is 6.54 Å². The van der Waals surface area contributed by atoms with E-state index in [-0.39, 0.29) is 18.7 Å². The number of fused-ring (bicyclic) bond motifs is 1. The van der Waals surface area contributed by atoms with Crippen LogP contribution in [0, 0.1) is 0 Å². The molecule has 0 bridgehead atoms. The van der Waals surface area contributed by atoms with Crippen LogP contribution < -0.4 is 16.6 Å². The van der Waals surface area contributed by atoms with Crippen molar-refractivity contribution in [3.8, 4) is 0 Å². The second-order valence-electron chi connectivity index (χ2n) is 3.63. The van der Waals surface area contributed by atoms with Crippen molar-refractivity contribution in [1.29, 1.82) is 0 Å². The molecule has 82 valence electrons. The minimum atomic E-state index is -1.04. The molecule has 1 aliphatic carbocycles. The van der Waals surface area contributed by atoms with Gasteiger partial charge < -0.3 is 21.4 Å². The molecule has 1 aromatic rings. The van der Waals surface area contributed by atoms with Gasteiger partial charge in [-0.25, -0.2) is 0 Å². The number of carboxylic acid groups (broad SMARTS) is 1. The Morgan fingerprint density at radius 2 is 1.87 bits per heavy atom. The second kappa shape index (κ2) is 4.91. The smallest absolute Gasteiger partial charge is 0.0552 e. The van der Waals surface area contributed by atoms with Crippen LogP contribution in [-0.2, 0) is 17.6 Å². The third-order valence-electron chi connectivity index (χ3n) is 2.59. The van der Waals surface area contributed by atoms with Crippen LogP contribution in [0.2, 0.25) is 0 Å². The molecule has 0 heterocycles. The Morgan fingerprint density at radius 1 is 1.33 bits per heavy atom. The molecule has 1 aliphatic rings. The van der Waals surface area contributed by atoms with E-state index >= 15 is 0 Å². The van der Waals surface area contributed by atoms with E-state index in [4.69, 9.17) is 0 Å². The Bertz CT molecular complexity index is 327. The molecular formula is C11H16N2O2. The molecule has 4 nitrogen and oxygen atoms in total. The predicted octanol–water partition coefficient (Wildman–Crippen LogP) is -0.130. The van der Waals surface area contributed by atoms with Crippen LogP contribution in [0.25, 0.3) is 0 Å². The molecule has 0 fully saturated rings. The number of hydrogen-bond acceptors (Lipinski definition) is 3. The van der Waals surface area contributed by atoms with Crippen LogP contribution in [-0.4, -0.2) is 18.6 Å². The van der Waals surface area contributed by atoms with Gasteiger partial charge in [0.2, 0.25) is 0 Å². The fourth-order valence-electron chi connectivity index (χ4n) is 1.93. The van der Waals surface area contributed by atoms with Crippen molar-refractivity contribution in [2.45, 2.75) is 18.9 Å². The average Bonchev–Trinajstić information content (AvgIpc) is 2.57. The van der Waals surface area contributed by atoms with Gasteiger partial charge in [0.15, 0.2) is 0 Å². The predicted molar refractivity (Wildman–Crippen MR) is 56.6 cm³/mol. The van der Waals surface area contributed by atoms with Crippen molar-refractivity contribution in [2.24, 2.45) is 0 Å². The highest BCUT2D eigenvalue weighted by Gasteiger charge is 2.19. The summed E-state index contributed by atoms with van der Waals surface area (Å²) in [5, 5.41) is 13.2. The van der Waals surface area contributed by atoms with Gasteiger partial charge in [-0.1, -0.05) is 24.3 Å². The third kappa shape index (κ3) is 2.78. The van der Waals surface area contributed by atoms with Crippen molar-refractivity contribution < 1.29 is 9.90 Å². The minimum Gasteiger partial charge on any atom is -0.549 e. The maximum Gasteiger partial charge on any atom is 0.0552 e. The van der Waals surface area contributed by atoms with E-state index in [0.29, 0.717) is 0 Å². The fraction of sp³-hybridized carbons (Fsp3) is 0.364. The molecule has 0 saturated heterocycles. The summed E-state index contributed by atoms with van der Waals surface area (Å²) in [6.07, 6.45) is 1.84. The number of carbonyl (C=O) groups is 1. The second-order valence-corrected chi connectivity index (χ2v) is 3.63. The van der Waals surface area contributed by atoms with E-state index in [1.54, 1.807) is 0 Å². The SMILES string of the molecule is O=C([O-])CNC1Cc2ccccc2C1.[NH4+]. The van der Waals surface area contributed by atoms with Crippen molar-refractivity contribution in [3.63, 3.8) is 0 Å². The molecule has 0 saturated carbocycles. The summed E-state index contributed by atoms with van der Waals surface area (Å²) in [4.78, 5) is 10.3. The number of quaternary nitrogens is 1. The van der Waals surface area contributed by atoms with Gasteiger partial charge in [-0.3, -0.25) is 0 Å². The first-order valence-electron chi connectivity index (χ1n) is 4.75. The Hall–Kier alpha value is -1.39. The quantitative estimate of drug-likeness (QED) is 0.725. The number of carboxylic acids is 1. The lowest BCUT2D eigenvalue weighted by Crippen LogP contribution is -2.40.